The highest BCUT2D eigenvalue weighted by atomic mass is 32.1. The van der Waals surface area contributed by atoms with Crippen molar-refractivity contribution >= 4 is 39.5 Å². The molecule has 1 aliphatic rings. The molecule has 4 rings (SSSR count). The van der Waals surface area contributed by atoms with E-state index in [1.165, 1.54) is 11.1 Å². The zero-order valence-corrected chi connectivity index (χ0v) is 19.1. The number of benzene rings is 2. The minimum Gasteiger partial charge on any atom is -0.497 e. The monoisotopic (exact) mass is 438 g/mol. The van der Waals surface area contributed by atoms with Crippen molar-refractivity contribution in [2.24, 2.45) is 0 Å². The van der Waals surface area contributed by atoms with E-state index < -0.39 is 0 Å². The van der Waals surface area contributed by atoms with Gasteiger partial charge in [-0.25, -0.2) is 4.98 Å². The van der Waals surface area contributed by atoms with Gasteiger partial charge in [-0.2, -0.15) is 0 Å². The summed E-state index contributed by atoms with van der Waals surface area (Å²) in [5, 5.41) is 7.34. The molecule has 0 amide bonds. The number of ether oxygens (including phenoxy) is 1. The maximum atomic E-state index is 5.65. The quantitative estimate of drug-likeness (QED) is 0.581. The highest BCUT2D eigenvalue weighted by molar-refractivity contribution is 7.80. The predicted molar refractivity (Wildman–Crippen MR) is 130 cm³/mol. The van der Waals surface area contributed by atoms with Crippen molar-refractivity contribution in [2.75, 3.05) is 43.5 Å². The van der Waals surface area contributed by atoms with E-state index in [2.05, 4.69) is 58.6 Å². The number of aryl methyl sites for hydroxylation is 2. The molecule has 156 valence electrons. The number of piperazine rings is 1. The third-order valence-electron chi connectivity index (χ3n) is 5.45. The van der Waals surface area contributed by atoms with E-state index in [1.54, 1.807) is 18.4 Å². The van der Waals surface area contributed by atoms with Crippen LogP contribution in [0, 0.1) is 13.8 Å². The average molecular weight is 439 g/mol. The van der Waals surface area contributed by atoms with E-state index in [1.807, 2.05) is 18.2 Å². The molecule has 1 N–H and O–H groups in total. The van der Waals surface area contributed by atoms with Crippen LogP contribution in [-0.2, 0) is 0 Å². The van der Waals surface area contributed by atoms with Crippen molar-refractivity contribution in [3.05, 3.63) is 59.0 Å². The van der Waals surface area contributed by atoms with Gasteiger partial charge in [0, 0.05) is 42.8 Å². The Kier molecular flexibility index (Phi) is 6.20. The van der Waals surface area contributed by atoms with Crippen molar-refractivity contribution in [3.63, 3.8) is 0 Å². The van der Waals surface area contributed by atoms with Crippen LogP contribution in [0.5, 0.6) is 5.75 Å². The number of hydrogen-bond donors (Lipinski definition) is 1. The Morgan fingerprint density at radius 3 is 2.60 bits per heavy atom. The summed E-state index contributed by atoms with van der Waals surface area (Å²) in [4.78, 5) is 9.43. The van der Waals surface area contributed by atoms with Crippen LogP contribution in [0.1, 0.15) is 11.1 Å². The van der Waals surface area contributed by atoms with E-state index >= 15 is 0 Å². The van der Waals surface area contributed by atoms with E-state index in [-0.39, 0.29) is 0 Å². The lowest BCUT2D eigenvalue weighted by Gasteiger charge is -2.36. The fourth-order valence-corrected chi connectivity index (χ4v) is 4.64. The molecule has 0 aliphatic carbocycles. The Morgan fingerprint density at radius 1 is 1.07 bits per heavy atom. The summed E-state index contributed by atoms with van der Waals surface area (Å²) in [7, 11) is 1.68. The molecule has 2 heterocycles. The first-order chi connectivity index (χ1) is 14.5. The number of aromatic nitrogens is 1. The molecule has 1 fully saturated rings. The standard InChI is InChI=1S/C23H26N4OS2/c1-16-7-8-19(13-17(16)2)24-22(29)26-9-11-27(12-10-26)23-25-21(15-30-23)18-5-4-6-20(14-18)28-3/h4-8,13-15H,9-12H2,1-3H3,(H,24,29). The van der Waals surface area contributed by atoms with Crippen LogP contribution in [0.4, 0.5) is 10.8 Å². The summed E-state index contributed by atoms with van der Waals surface area (Å²) in [6, 6.07) is 14.4. The summed E-state index contributed by atoms with van der Waals surface area (Å²) in [5.41, 5.74) is 5.67. The second-order valence-corrected chi connectivity index (χ2v) is 8.67. The Morgan fingerprint density at radius 2 is 1.87 bits per heavy atom. The molecule has 7 heteroatoms. The van der Waals surface area contributed by atoms with Gasteiger partial charge >= 0.3 is 0 Å². The van der Waals surface area contributed by atoms with Crippen LogP contribution in [0.2, 0.25) is 0 Å². The van der Waals surface area contributed by atoms with Gasteiger partial charge in [0.25, 0.3) is 0 Å². The van der Waals surface area contributed by atoms with Gasteiger partial charge in [0.15, 0.2) is 10.2 Å². The molecule has 30 heavy (non-hydrogen) atoms. The second-order valence-electron chi connectivity index (χ2n) is 7.45. The van der Waals surface area contributed by atoms with E-state index in [0.717, 1.165) is 59.1 Å². The lowest BCUT2D eigenvalue weighted by atomic mass is 10.1. The molecule has 1 saturated heterocycles. The molecule has 0 unspecified atom stereocenters. The first-order valence-corrected chi connectivity index (χ1v) is 11.3. The summed E-state index contributed by atoms with van der Waals surface area (Å²) in [6.07, 6.45) is 0. The molecule has 1 aliphatic heterocycles. The number of hydrogen-bond acceptors (Lipinski definition) is 5. The van der Waals surface area contributed by atoms with Crippen molar-refractivity contribution in [1.82, 2.24) is 9.88 Å². The van der Waals surface area contributed by atoms with Crippen molar-refractivity contribution in [3.8, 4) is 17.0 Å². The highest BCUT2D eigenvalue weighted by Crippen LogP contribution is 2.30. The van der Waals surface area contributed by atoms with Gasteiger partial charge in [-0.15, -0.1) is 11.3 Å². The van der Waals surface area contributed by atoms with Crippen LogP contribution >= 0.6 is 23.6 Å². The average Bonchev–Trinajstić information content (AvgIpc) is 3.27. The van der Waals surface area contributed by atoms with Gasteiger partial charge in [-0.3, -0.25) is 0 Å². The van der Waals surface area contributed by atoms with Gasteiger partial charge in [0.2, 0.25) is 0 Å². The number of rotatable bonds is 4. The zero-order valence-electron chi connectivity index (χ0n) is 17.5. The van der Waals surface area contributed by atoms with Gasteiger partial charge in [0.1, 0.15) is 5.75 Å². The zero-order chi connectivity index (χ0) is 21.1. The molecule has 0 bridgehead atoms. The lowest BCUT2D eigenvalue weighted by Crippen LogP contribution is -2.50. The minimum atomic E-state index is 0.786. The molecule has 0 atom stereocenters. The first kappa shape index (κ1) is 20.6. The highest BCUT2D eigenvalue weighted by Gasteiger charge is 2.21. The fourth-order valence-electron chi connectivity index (χ4n) is 3.45. The SMILES string of the molecule is COc1cccc(-c2csc(N3CCN(C(=S)Nc4ccc(C)c(C)c4)CC3)n2)c1. The van der Waals surface area contributed by atoms with Crippen molar-refractivity contribution < 1.29 is 4.74 Å². The first-order valence-electron chi connectivity index (χ1n) is 10.0. The fraction of sp³-hybridized carbons (Fsp3) is 0.304. The van der Waals surface area contributed by atoms with Gasteiger partial charge < -0.3 is 19.9 Å². The summed E-state index contributed by atoms with van der Waals surface area (Å²) in [6.45, 7) is 7.81. The van der Waals surface area contributed by atoms with Crippen molar-refractivity contribution in [2.45, 2.75) is 13.8 Å². The van der Waals surface area contributed by atoms with Crippen LogP contribution in [0.15, 0.2) is 47.8 Å². The van der Waals surface area contributed by atoms with E-state index in [4.69, 9.17) is 21.9 Å². The molecule has 0 spiro atoms. The smallest absolute Gasteiger partial charge is 0.185 e. The minimum absolute atomic E-state index is 0.786. The Bertz CT molecular complexity index is 1040. The number of thiocarbonyl (C=S) groups is 1. The third-order valence-corrected chi connectivity index (χ3v) is 6.71. The van der Waals surface area contributed by atoms with Crippen molar-refractivity contribution in [1.29, 1.82) is 0 Å². The molecule has 1 aromatic heterocycles. The Labute approximate surface area is 187 Å². The summed E-state index contributed by atoms with van der Waals surface area (Å²) < 4.78 is 5.33. The lowest BCUT2D eigenvalue weighted by molar-refractivity contribution is 0.390. The maximum Gasteiger partial charge on any atom is 0.185 e. The van der Waals surface area contributed by atoms with E-state index in [0.29, 0.717) is 0 Å². The molecular weight excluding hydrogens is 412 g/mol. The van der Waals surface area contributed by atoms with Crippen LogP contribution in [0.3, 0.4) is 0 Å². The van der Waals surface area contributed by atoms with E-state index in [9.17, 15) is 0 Å². The van der Waals surface area contributed by atoms with Gasteiger partial charge in [-0.05, 0) is 61.5 Å². The molecular formula is C23H26N4OS2. The number of nitrogens with zero attached hydrogens (tertiary/aromatic N) is 3. The second kappa shape index (κ2) is 9.02. The van der Waals surface area contributed by atoms with Gasteiger partial charge in [-0.1, -0.05) is 18.2 Å². The Balaban J connectivity index is 1.36. The summed E-state index contributed by atoms with van der Waals surface area (Å²) in [5.74, 6) is 0.848. The molecule has 3 aromatic rings. The molecule has 0 radical (unpaired) electrons. The Hall–Kier alpha value is -2.64. The molecule has 5 nitrogen and oxygen atoms in total. The topological polar surface area (TPSA) is 40.6 Å². The number of thiazole rings is 1. The van der Waals surface area contributed by atoms with Crippen LogP contribution in [-0.4, -0.2) is 48.3 Å². The largest absolute Gasteiger partial charge is 0.497 e. The normalized spacial score (nSPS) is 14.0. The number of methoxy groups -OCH3 is 1. The third kappa shape index (κ3) is 4.57. The summed E-state index contributed by atoms with van der Waals surface area (Å²) >= 11 is 7.34. The molecule has 2 aromatic carbocycles. The van der Waals surface area contributed by atoms with Gasteiger partial charge in [0.05, 0.1) is 12.8 Å². The molecule has 0 saturated carbocycles. The van der Waals surface area contributed by atoms with Crippen LogP contribution < -0.4 is 15.0 Å². The number of anilines is 2. The van der Waals surface area contributed by atoms with Crippen LogP contribution in [0.25, 0.3) is 11.3 Å². The predicted octanol–water partition coefficient (Wildman–Crippen LogP) is 4.95. The number of nitrogens with one attached hydrogen (secondary N) is 1. The maximum absolute atomic E-state index is 5.65.